The summed E-state index contributed by atoms with van der Waals surface area (Å²) in [5.41, 5.74) is 0.222. The molecule has 0 aliphatic carbocycles. The third-order valence-corrected chi connectivity index (χ3v) is 5.01. The van der Waals surface area contributed by atoms with Gasteiger partial charge in [-0.2, -0.15) is 5.26 Å². The minimum Gasteiger partial charge on any atom is -0.207 e. The molecule has 0 atom stereocenters. The fourth-order valence-electron chi connectivity index (χ4n) is 0.806. The first kappa shape index (κ1) is 12.0. The van der Waals surface area contributed by atoms with Gasteiger partial charge in [0.05, 0.1) is 21.0 Å². The van der Waals surface area contributed by atoms with Crippen LogP contribution in [0.1, 0.15) is 5.56 Å². The Morgan fingerprint density at radius 3 is 2.36 bits per heavy atom. The molecule has 1 aromatic carbocycles. The lowest BCUT2D eigenvalue weighted by molar-refractivity contribution is 0.609. The molecule has 14 heavy (non-hydrogen) atoms. The van der Waals surface area contributed by atoms with E-state index in [4.69, 9.17) is 15.9 Å². The van der Waals surface area contributed by atoms with Gasteiger partial charge in [-0.15, -0.1) is 0 Å². The standard InChI is InChI=1S/C7H2Br2ClNO2S/c8-5-1-4(3-11)2-6(7(5)9)14(10,12)13/h1-2H. The quantitative estimate of drug-likeness (QED) is 0.724. The molecule has 0 saturated heterocycles. The van der Waals surface area contributed by atoms with E-state index in [0.717, 1.165) is 0 Å². The van der Waals surface area contributed by atoms with Crippen LogP contribution in [0.4, 0.5) is 0 Å². The van der Waals surface area contributed by atoms with Crippen molar-refractivity contribution in [2.24, 2.45) is 0 Å². The summed E-state index contributed by atoms with van der Waals surface area (Å²) < 4.78 is 22.9. The summed E-state index contributed by atoms with van der Waals surface area (Å²) in [6.45, 7) is 0. The van der Waals surface area contributed by atoms with Gasteiger partial charge in [0, 0.05) is 15.2 Å². The number of nitriles is 1. The van der Waals surface area contributed by atoms with Crippen LogP contribution in [0.15, 0.2) is 26.0 Å². The van der Waals surface area contributed by atoms with Crippen LogP contribution >= 0.6 is 42.5 Å². The Hall–Kier alpha value is -0.0900. The molecule has 0 fully saturated rings. The number of nitrogens with zero attached hydrogens (tertiary/aromatic N) is 1. The van der Waals surface area contributed by atoms with Crippen molar-refractivity contribution < 1.29 is 8.42 Å². The smallest absolute Gasteiger partial charge is 0.207 e. The van der Waals surface area contributed by atoms with E-state index < -0.39 is 9.05 Å². The summed E-state index contributed by atoms with van der Waals surface area (Å²) in [6.07, 6.45) is 0. The summed E-state index contributed by atoms with van der Waals surface area (Å²) in [4.78, 5) is -0.120. The van der Waals surface area contributed by atoms with Crippen molar-refractivity contribution in [3.63, 3.8) is 0 Å². The van der Waals surface area contributed by atoms with Gasteiger partial charge in [0.2, 0.25) is 0 Å². The van der Waals surface area contributed by atoms with Crippen LogP contribution in [-0.4, -0.2) is 8.42 Å². The molecule has 1 rings (SSSR count). The molecular formula is C7H2Br2ClNO2S. The zero-order valence-corrected chi connectivity index (χ0v) is 11.2. The largest absolute Gasteiger partial charge is 0.262 e. The first-order chi connectivity index (χ1) is 6.36. The molecule has 0 heterocycles. The highest BCUT2D eigenvalue weighted by molar-refractivity contribution is 9.13. The highest BCUT2D eigenvalue weighted by Crippen LogP contribution is 2.33. The Morgan fingerprint density at radius 2 is 1.93 bits per heavy atom. The fraction of sp³-hybridized carbons (Fsp3) is 0. The minimum atomic E-state index is -3.84. The van der Waals surface area contributed by atoms with Crippen molar-refractivity contribution >= 4 is 51.6 Å². The average molecular weight is 359 g/mol. The van der Waals surface area contributed by atoms with E-state index in [0.29, 0.717) is 8.95 Å². The van der Waals surface area contributed by atoms with Gasteiger partial charge in [-0.3, -0.25) is 0 Å². The van der Waals surface area contributed by atoms with Crippen LogP contribution in [0.2, 0.25) is 0 Å². The lowest BCUT2D eigenvalue weighted by Crippen LogP contribution is -1.94. The van der Waals surface area contributed by atoms with E-state index in [2.05, 4.69) is 31.9 Å². The summed E-state index contributed by atoms with van der Waals surface area (Å²) in [5.74, 6) is 0. The minimum absolute atomic E-state index is 0.120. The van der Waals surface area contributed by atoms with Gasteiger partial charge in [0.1, 0.15) is 0 Å². The zero-order valence-electron chi connectivity index (χ0n) is 6.46. The molecular weight excluding hydrogens is 357 g/mol. The molecule has 3 nitrogen and oxygen atoms in total. The summed E-state index contributed by atoms with van der Waals surface area (Å²) >= 11 is 6.17. The van der Waals surface area contributed by atoms with Gasteiger partial charge >= 0.3 is 0 Å². The van der Waals surface area contributed by atoms with Crippen LogP contribution in [0, 0.1) is 11.3 Å². The number of benzene rings is 1. The third-order valence-electron chi connectivity index (χ3n) is 1.39. The van der Waals surface area contributed by atoms with Crippen LogP contribution < -0.4 is 0 Å². The van der Waals surface area contributed by atoms with Crippen LogP contribution in [0.5, 0.6) is 0 Å². The molecule has 0 amide bonds. The van der Waals surface area contributed by atoms with Crippen molar-refractivity contribution in [3.05, 3.63) is 26.6 Å². The highest BCUT2D eigenvalue weighted by atomic mass is 79.9. The van der Waals surface area contributed by atoms with E-state index in [-0.39, 0.29) is 10.5 Å². The molecule has 1 aromatic rings. The van der Waals surface area contributed by atoms with Crippen LogP contribution in [-0.2, 0) is 9.05 Å². The lowest BCUT2D eigenvalue weighted by Gasteiger charge is -2.02. The maximum Gasteiger partial charge on any atom is 0.262 e. The van der Waals surface area contributed by atoms with Gasteiger partial charge < -0.3 is 0 Å². The number of hydrogen-bond donors (Lipinski definition) is 0. The maximum absolute atomic E-state index is 11.1. The van der Waals surface area contributed by atoms with E-state index in [9.17, 15) is 8.42 Å². The van der Waals surface area contributed by atoms with Gasteiger partial charge in [0.25, 0.3) is 9.05 Å². The number of hydrogen-bond acceptors (Lipinski definition) is 3. The molecule has 0 spiro atoms. The zero-order chi connectivity index (χ0) is 10.9. The fourth-order valence-corrected chi connectivity index (χ4v) is 3.50. The molecule has 0 aromatic heterocycles. The number of rotatable bonds is 1. The van der Waals surface area contributed by atoms with Gasteiger partial charge in [-0.25, -0.2) is 8.42 Å². The Balaban J connectivity index is 3.61. The van der Waals surface area contributed by atoms with E-state index >= 15 is 0 Å². The van der Waals surface area contributed by atoms with Gasteiger partial charge in [-0.05, 0) is 44.0 Å². The first-order valence-electron chi connectivity index (χ1n) is 3.20. The molecule has 0 aliphatic rings. The topological polar surface area (TPSA) is 57.9 Å². The second kappa shape index (κ2) is 4.19. The molecule has 0 bridgehead atoms. The second-order valence-corrected chi connectivity index (χ2v) is 6.50. The average Bonchev–Trinajstić information content (AvgIpc) is 2.07. The van der Waals surface area contributed by atoms with Crippen molar-refractivity contribution in [2.45, 2.75) is 4.90 Å². The molecule has 0 aliphatic heterocycles. The predicted octanol–water partition coefficient (Wildman–Crippen LogP) is 3.01. The van der Waals surface area contributed by atoms with Crippen molar-refractivity contribution in [1.82, 2.24) is 0 Å². The predicted molar refractivity (Wildman–Crippen MR) is 59.6 cm³/mol. The van der Waals surface area contributed by atoms with Crippen molar-refractivity contribution in [2.75, 3.05) is 0 Å². The lowest BCUT2D eigenvalue weighted by atomic mass is 10.2. The van der Waals surface area contributed by atoms with Gasteiger partial charge in [0.15, 0.2) is 0 Å². The van der Waals surface area contributed by atoms with E-state index in [1.807, 2.05) is 6.07 Å². The van der Waals surface area contributed by atoms with Crippen molar-refractivity contribution in [3.8, 4) is 6.07 Å². The normalized spacial score (nSPS) is 11.0. The monoisotopic (exact) mass is 357 g/mol. The summed E-state index contributed by atoms with van der Waals surface area (Å²) in [5, 5.41) is 8.62. The van der Waals surface area contributed by atoms with Crippen LogP contribution in [0.25, 0.3) is 0 Å². The molecule has 0 unspecified atom stereocenters. The molecule has 74 valence electrons. The Bertz CT molecular complexity index is 521. The van der Waals surface area contributed by atoms with E-state index in [1.54, 1.807) is 0 Å². The third kappa shape index (κ3) is 2.48. The van der Waals surface area contributed by atoms with Gasteiger partial charge in [-0.1, -0.05) is 0 Å². The summed E-state index contributed by atoms with van der Waals surface area (Å²) in [6, 6.07) is 4.53. The maximum atomic E-state index is 11.1. The molecule has 7 heteroatoms. The molecule has 0 N–H and O–H groups in total. The second-order valence-electron chi connectivity index (χ2n) is 2.32. The van der Waals surface area contributed by atoms with Crippen LogP contribution in [0.3, 0.4) is 0 Å². The number of halogens is 3. The SMILES string of the molecule is N#Cc1cc(Br)c(Br)c(S(=O)(=O)Cl)c1. The highest BCUT2D eigenvalue weighted by Gasteiger charge is 2.17. The van der Waals surface area contributed by atoms with E-state index in [1.165, 1.54) is 12.1 Å². The molecule has 0 radical (unpaired) electrons. The first-order valence-corrected chi connectivity index (χ1v) is 7.09. The molecule has 0 saturated carbocycles. The Labute approximate surface area is 102 Å². The Morgan fingerprint density at radius 1 is 1.36 bits per heavy atom. The Kier molecular flexibility index (Phi) is 3.58. The summed E-state index contributed by atoms with van der Waals surface area (Å²) in [7, 11) is 1.33. The van der Waals surface area contributed by atoms with Crippen molar-refractivity contribution in [1.29, 1.82) is 5.26 Å².